The van der Waals surface area contributed by atoms with Gasteiger partial charge in [-0.2, -0.15) is 9.90 Å². The maximum absolute atomic E-state index is 13.2. The maximum Gasteiger partial charge on any atom is 0.280 e. The van der Waals surface area contributed by atoms with E-state index in [1.807, 2.05) is 36.4 Å². The highest BCUT2D eigenvalue weighted by Crippen LogP contribution is 2.23. The van der Waals surface area contributed by atoms with Crippen LogP contribution in [-0.4, -0.2) is 20.0 Å². The molecule has 8 nitrogen and oxygen atoms in total. The van der Waals surface area contributed by atoms with Crippen LogP contribution in [0, 0.1) is 5.21 Å². The van der Waals surface area contributed by atoms with Crippen molar-refractivity contribution in [3.63, 3.8) is 0 Å². The molecule has 0 fully saturated rings. The molecule has 3 aromatic carbocycles. The fourth-order valence-corrected chi connectivity index (χ4v) is 3.44. The van der Waals surface area contributed by atoms with Crippen molar-refractivity contribution in [2.24, 2.45) is 0 Å². The number of nitrogens with zero attached hydrogens (tertiary/aromatic N) is 2. The first-order chi connectivity index (χ1) is 14.9. The molecule has 0 spiro atoms. The summed E-state index contributed by atoms with van der Waals surface area (Å²) in [5, 5.41) is 23.3. The zero-order valence-corrected chi connectivity index (χ0v) is 17.4. The van der Waals surface area contributed by atoms with Crippen molar-refractivity contribution in [2.45, 2.75) is 0 Å². The molecule has 0 radical (unpaired) electrons. The Morgan fingerprint density at radius 1 is 1.10 bits per heavy atom. The van der Waals surface area contributed by atoms with Gasteiger partial charge in [-0.1, -0.05) is 54.1 Å². The number of hydrogen-bond donors (Lipinski definition) is 4. The minimum atomic E-state index is -1.16. The summed E-state index contributed by atoms with van der Waals surface area (Å²) in [6.07, 6.45) is 0. The average Bonchev–Trinajstić information content (AvgIpc) is 2.77. The van der Waals surface area contributed by atoms with Gasteiger partial charge in [0.2, 0.25) is 0 Å². The third-order valence-electron chi connectivity index (χ3n) is 4.48. The van der Waals surface area contributed by atoms with Gasteiger partial charge in [-0.15, -0.1) is 0 Å². The number of para-hydroxylation sites is 1. The number of anilines is 1. The van der Waals surface area contributed by atoms with Gasteiger partial charge in [0.05, 0.1) is 10.9 Å². The molecule has 1 heterocycles. The number of quaternary nitrogens is 1. The molecule has 1 aromatic heterocycles. The summed E-state index contributed by atoms with van der Waals surface area (Å²) in [5.41, 5.74) is 3.93. The van der Waals surface area contributed by atoms with Crippen LogP contribution in [0.2, 0.25) is 5.02 Å². The number of benzene rings is 3. The third-order valence-corrected chi connectivity index (χ3v) is 4.91. The largest absolute Gasteiger partial charge is 0.595 e. The second kappa shape index (κ2) is 8.80. The first kappa shape index (κ1) is 20.9. The van der Waals surface area contributed by atoms with E-state index in [-0.39, 0.29) is 27.1 Å². The lowest BCUT2D eigenvalue weighted by atomic mass is 10.2. The van der Waals surface area contributed by atoms with Crippen LogP contribution in [0.15, 0.2) is 77.6 Å². The summed E-state index contributed by atoms with van der Waals surface area (Å²) in [5.74, 6) is 0.364. The van der Waals surface area contributed by atoms with Crippen molar-refractivity contribution in [3.8, 4) is 11.4 Å². The highest BCUT2D eigenvalue weighted by atomic mass is 35.5. The minimum absolute atomic E-state index is 0.0150. The second-order valence-electron chi connectivity index (χ2n) is 6.52. The molecule has 0 aliphatic rings. The van der Waals surface area contributed by atoms with E-state index in [0.717, 1.165) is 0 Å². The third kappa shape index (κ3) is 4.41. The molecule has 4 aromatic rings. The van der Waals surface area contributed by atoms with E-state index in [2.05, 4.69) is 15.7 Å². The van der Waals surface area contributed by atoms with Gasteiger partial charge >= 0.3 is 0 Å². The van der Waals surface area contributed by atoms with Gasteiger partial charge in [0, 0.05) is 16.7 Å². The van der Waals surface area contributed by atoms with Crippen molar-refractivity contribution < 1.29 is 10.4 Å². The highest BCUT2D eigenvalue weighted by molar-refractivity contribution is 7.80. The quantitative estimate of drug-likeness (QED) is 0.278. The second-order valence-corrected chi connectivity index (χ2v) is 7.36. The molecule has 0 aliphatic heterocycles. The smallest absolute Gasteiger partial charge is 0.280 e. The van der Waals surface area contributed by atoms with Crippen molar-refractivity contribution in [3.05, 3.63) is 93.4 Å². The van der Waals surface area contributed by atoms with Gasteiger partial charge in [0.25, 0.3) is 5.56 Å². The lowest BCUT2D eigenvalue weighted by molar-refractivity contribution is -0.990. The standard InChI is InChI=1S/C21H16ClN5O3S/c22-14-10-11-17(18(12-14)27(29)30)24-21(31)25-26-19(13-6-2-1-3-7-13)23-16-9-5-4-8-15(16)20(26)28/h1-12,27,29H,(H2,24,25,31). The molecule has 4 N–H and O–H groups in total. The van der Waals surface area contributed by atoms with Gasteiger partial charge in [-0.3, -0.25) is 10.2 Å². The van der Waals surface area contributed by atoms with Crippen molar-refractivity contribution in [2.75, 3.05) is 10.7 Å². The Kier molecular flexibility index (Phi) is 5.94. The number of halogens is 1. The predicted molar refractivity (Wildman–Crippen MR) is 124 cm³/mol. The van der Waals surface area contributed by atoms with E-state index in [1.54, 1.807) is 18.2 Å². The molecule has 0 saturated heterocycles. The molecule has 0 saturated carbocycles. The summed E-state index contributed by atoms with van der Waals surface area (Å²) >= 11 is 11.3. The van der Waals surface area contributed by atoms with Gasteiger partial charge < -0.3 is 10.5 Å². The Morgan fingerprint density at radius 3 is 2.55 bits per heavy atom. The number of nitrogens with one attached hydrogen (secondary N) is 3. The Morgan fingerprint density at radius 2 is 1.81 bits per heavy atom. The Bertz CT molecular complexity index is 1330. The topological polar surface area (TPSA) is 107 Å². The van der Waals surface area contributed by atoms with E-state index in [4.69, 9.17) is 23.8 Å². The summed E-state index contributed by atoms with van der Waals surface area (Å²) in [6, 6.07) is 20.5. The molecule has 1 unspecified atom stereocenters. The molecule has 0 bridgehead atoms. The monoisotopic (exact) mass is 453 g/mol. The molecule has 31 heavy (non-hydrogen) atoms. The molecule has 156 valence electrons. The number of fused-ring (bicyclic) bond motifs is 1. The lowest BCUT2D eigenvalue weighted by Gasteiger charge is -2.19. The molecular formula is C21H16ClN5O3S. The van der Waals surface area contributed by atoms with Crippen LogP contribution in [0.1, 0.15) is 0 Å². The summed E-state index contributed by atoms with van der Waals surface area (Å²) in [6.45, 7) is 0. The molecule has 10 heteroatoms. The van der Waals surface area contributed by atoms with Crippen LogP contribution in [-0.2, 0) is 0 Å². The summed E-state index contributed by atoms with van der Waals surface area (Å²) in [4.78, 5) is 17.8. The van der Waals surface area contributed by atoms with E-state index >= 15 is 0 Å². The van der Waals surface area contributed by atoms with Gasteiger partial charge in [-0.05, 0) is 36.5 Å². The van der Waals surface area contributed by atoms with Crippen LogP contribution < -0.4 is 21.5 Å². The van der Waals surface area contributed by atoms with E-state index < -0.39 is 5.23 Å². The van der Waals surface area contributed by atoms with Crippen LogP contribution in [0.4, 0.5) is 11.4 Å². The van der Waals surface area contributed by atoms with E-state index in [0.29, 0.717) is 22.3 Å². The van der Waals surface area contributed by atoms with E-state index in [9.17, 15) is 15.2 Å². The molecular weight excluding hydrogens is 438 g/mol. The number of rotatable bonds is 4. The lowest BCUT2D eigenvalue weighted by Crippen LogP contribution is -2.99. The normalized spacial score (nSPS) is 11.8. The van der Waals surface area contributed by atoms with Crippen LogP contribution in [0.3, 0.4) is 0 Å². The molecule has 0 amide bonds. The predicted octanol–water partition coefficient (Wildman–Crippen LogP) is 3.06. The first-order valence-corrected chi connectivity index (χ1v) is 9.91. The van der Waals surface area contributed by atoms with Crippen molar-refractivity contribution in [1.29, 1.82) is 0 Å². The van der Waals surface area contributed by atoms with Crippen LogP contribution >= 0.6 is 23.8 Å². The fraction of sp³-hybridized carbons (Fsp3) is 0. The molecule has 0 aliphatic carbocycles. The highest BCUT2D eigenvalue weighted by Gasteiger charge is 2.16. The van der Waals surface area contributed by atoms with Crippen LogP contribution in [0.5, 0.6) is 0 Å². The van der Waals surface area contributed by atoms with Gasteiger partial charge in [0.15, 0.2) is 16.6 Å². The number of aromatic nitrogens is 2. The Balaban J connectivity index is 1.75. The van der Waals surface area contributed by atoms with Gasteiger partial charge in [-0.25, -0.2) is 10.2 Å². The summed E-state index contributed by atoms with van der Waals surface area (Å²) < 4.78 is 1.24. The van der Waals surface area contributed by atoms with E-state index in [1.165, 1.54) is 22.9 Å². The fourth-order valence-electron chi connectivity index (χ4n) is 3.07. The number of thiocarbonyl (C=S) groups is 1. The Hall–Kier alpha value is -3.34. The Labute approximate surface area is 186 Å². The zero-order valence-electron chi connectivity index (χ0n) is 15.9. The van der Waals surface area contributed by atoms with Crippen LogP contribution in [0.25, 0.3) is 22.3 Å². The van der Waals surface area contributed by atoms with Gasteiger partial charge in [0.1, 0.15) is 5.69 Å². The zero-order chi connectivity index (χ0) is 22.0. The molecule has 4 rings (SSSR count). The maximum atomic E-state index is 13.2. The number of hydrogen-bond acceptors (Lipinski definition) is 5. The molecule has 1 atom stereocenters. The minimum Gasteiger partial charge on any atom is -0.595 e. The summed E-state index contributed by atoms with van der Waals surface area (Å²) in [7, 11) is 0. The van der Waals surface area contributed by atoms with Crippen molar-refractivity contribution >= 4 is 51.2 Å². The average molecular weight is 454 g/mol. The first-order valence-electron chi connectivity index (χ1n) is 9.12. The van der Waals surface area contributed by atoms with Crippen molar-refractivity contribution in [1.82, 2.24) is 9.66 Å². The SMILES string of the molecule is O=c1c2ccccc2nc(-c2ccccc2)n1NC(=S)Nc1ccc(Cl)cc1[NH+]([O-])O.